The number of thioether (sulfide) groups is 1. The van der Waals surface area contributed by atoms with Crippen LogP contribution >= 0.6 is 23.1 Å². The van der Waals surface area contributed by atoms with Crippen LogP contribution in [0.25, 0.3) is 0 Å². The van der Waals surface area contributed by atoms with Crippen molar-refractivity contribution in [2.45, 2.75) is 96.8 Å². The number of carbonyl (C=O) groups is 2. The predicted molar refractivity (Wildman–Crippen MR) is 151 cm³/mol. The smallest absolute Gasteiger partial charge is 0.348 e. The van der Waals surface area contributed by atoms with Crippen LogP contribution in [0.1, 0.15) is 100 Å². The molecule has 0 atom stereocenters. The highest BCUT2D eigenvalue weighted by Crippen LogP contribution is 2.40. The zero-order valence-electron chi connectivity index (χ0n) is 21.9. The molecule has 2 heterocycles. The first-order valence-corrected chi connectivity index (χ1v) is 14.9. The van der Waals surface area contributed by atoms with Crippen LogP contribution in [0.2, 0.25) is 0 Å². The highest BCUT2D eigenvalue weighted by atomic mass is 32.2. The van der Waals surface area contributed by atoms with Crippen molar-refractivity contribution in [2.24, 2.45) is 22.2 Å². The molecule has 5 nitrogen and oxygen atoms in total. The van der Waals surface area contributed by atoms with Gasteiger partial charge in [-0.05, 0) is 84.1 Å². The molecule has 2 fully saturated rings. The number of rotatable bonds is 5. The summed E-state index contributed by atoms with van der Waals surface area (Å²) in [6, 6.07) is 1.88. The molecule has 0 bridgehead atoms. The fourth-order valence-corrected chi connectivity index (χ4v) is 7.31. The molecular weight excluding hydrogens is 488 g/mol. The average molecular weight is 527 g/mol. The summed E-state index contributed by atoms with van der Waals surface area (Å²) >= 11 is 3.06. The lowest BCUT2D eigenvalue weighted by Crippen LogP contribution is -2.46. The van der Waals surface area contributed by atoms with Crippen LogP contribution < -0.4 is 4.90 Å². The topological polar surface area (TPSA) is 70.0 Å². The van der Waals surface area contributed by atoms with Crippen LogP contribution in [-0.4, -0.2) is 33.3 Å². The second kappa shape index (κ2) is 11.6. The first kappa shape index (κ1) is 27.0. The molecule has 2 saturated carbocycles. The number of thiophene rings is 1. The molecule has 1 aliphatic heterocycles. The van der Waals surface area contributed by atoms with Gasteiger partial charge in [0.25, 0.3) is 0 Å². The van der Waals surface area contributed by atoms with Crippen LogP contribution in [0.5, 0.6) is 0 Å². The van der Waals surface area contributed by atoms with E-state index in [1.165, 1.54) is 16.4 Å². The molecule has 0 saturated heterocycles. The largest absolute Gasteiger partial charge is 0.477 e. The van der Waals surface area contributed by atoms with Crippen molar-refractivity contribution in [3.05, 3.63) is 28.1 Å². The normalized spacial score (nSPS) is 26.2. The minimum atomic E-state index is -0.982. The molecular formula is C29H38N2O3S2. The third-order valence-corrected chi connectivity index (χ3v) is 9.63. The van der Waals surface area contributed by atoms with E-state index in [2.05, 4.69) is 29.8 Å². The molecule has 1 aromatic heterocycles. The molecule has 0 spiro atoms. The van der Waals surface area contributed by atoms with Gasteiger partial charge in [0.1, 0.15) is 4.88 Å². The first-order chi connectivity index (χ1) is 17.1. The van der Waals surface area contributed by atoms with Gasteiger partial charge in [-0.3, -0.25) is 9.79 Å². The summed E-state index contributed by atoms with van der Waals surface area (Å²) in [6.45, 7) is 8.37. The Hall–Kier alpha value is -2.04. The zero-order chi connectivity index (χ0) is 25.9. The number of allylic oxidation sites excluding steroid dienone is 1. The van der Waals surface area contributed by atoms with Crippen LogP contribution in [0.15, 0.2) is 23.3 Å². The second-order valence-electron chi connectivity index (χ2n) is 11.5. The number of aliphatic imine (C=N–C) groups is 1. The van der Waals surface area contributed by atoms with E-state index < -0.39 is 5.97 Å². The number of carboxylic acid groups (broad SMARTS) is 1. The molecule has 0 unspecified atom stereocenters. The summed E-state index contributed by atoms with van der Waals surface area (Å²) in [4.78, 5) is 33.6. The summed E-state index contributed by atoms with van der Waals surface area (Å²) in [5.41, 5.74) is 0.367. The van der Waals surface area contributed by atoms with Crippen molar-refractivity contribution < 1.29 is 14.7 Å². The number of carbonyl (C=O) groups excluding carboxylic acids is 1. The Morgan fingerprint density at radius 2 is 1.81 bits per heavy atom. The van der Waals surface area contributed by atoms with Gasteiger partial charge in [-0.15, -0.1) is 23.1 Å². The van der Waals surface area contributed by atoms with Gasteiger partial charge in [0.15, 0.2) is 0 Å². The van der Waals surface area contributed by atoms with Crippen molar-refractivity contribution in [2.75, 3.05) is 4.90 Å². The Labute approximate surface area is 223 Å². The summed E-state index contributed by atoms with van der Waals surface area (Å²) in [7, 11) is 0. The highest BCUT2D eigenvalue weighted by Gasteiger charge is 2.37. The molecule has 3 aliphatic rings. The quantitative estimate of drug-likeness (QED) is 0.407. The maximum atomic E-state index is 14.0. The first-order valence-electron chi connectivity index (χ1n) is 13.2. The molecule has 2 aliphatic carbocycles. The van der Waals surface area contributed by atoms with Gasteiger partial charge in [-0.25, -0.2) is 4.79 Å². The van der Waals surface area contributed by atoms with E-state index in [9.17, 15) is 14.7 Å². The molecule has 1 aromatic rings. The van der Waals surface area contributed by atoms with Gasteiger partial charge in [0, 0.05) is 35.2 Å². The highest BCUT2D eigenvalue weighted by molar-refractivity contribution is 8.14. The van der Waals surface area contributed by atoms with E-state index in [1.54, 1.807) is 0 Å². The summed E-state index contributed by atoms with van der Waals surface area (Å²) in [5, 5.41) is 11.8. The van der Waals surface area contributed by atoms with Gasteiger partial charge < -0.3 is 10.0 Å². The number of aromatic carboxylic acids is 1. The summed E-state index contributed by atoms with van der Waals surface area (Å²) in [6.07, 6.45) is 12.5. The lowest BCUT2D eigenvalue weighted by Gasteiger charge is -2.39. The number of hydrogen-bond donors (Lipinski definition) is 1. The Morgan fingerprint density at radius 3 is 2.39 bits per heavy atom. The van der Waals surface area contributed by atoms with Crippen molar-refractivity contribution in [1.82, 2.24) is 0 Å². The fraction of sp³-hybridized carbons (Fsp3) is 0.621. The van der Waals surface area contributed by atoms with Gasteiger partial charge in [-0.1, -0.05) is 24.8 Å². The van der Waals surface area contributed by atoms with Gasteiger partial charge >= 0.3 is 5.97 Å². The molecule has 0 aromatic carbocycles. The maximum absolute atomic E-state index is 14.0. The zero-order valence-corrected chi connectivity index (χ0v) is 23.5. The Morgan fingerprint density at radius 1 is 1.11 bits per heavy atom. The monoisotopic (exact) mass is 526 g/mol. The van der Waals surface area contributed by atoms with E-state index in [0.29, 0.717) is 21.7 Å². The number of nitrogens with zero attached hydrogens (tertiary/aromatic N) is 2. The van der Waals surface area contributed by atoms with E-state index >= 15 is 0 Å². The molecule has 7 heteroatoms. The Balaban J connectivity index is 1.61. The predicted octanol–water partition coefficient (Wildman–Crippen LogP) is 7.36. The van der Waals surface area contributed by atoms with E-state index in [0.717, 1.165) is 57.8 Å². The van der Waals surface area contributed by atoms with Crippen LogP contribution in [0, 0.1) is 29.1 Å². The average Bonchev–Trinajstić information content (AvgIpc) is 3.49. The summed E-state index contributed by atoms with van der Waals surface area (Å²) in [5.74, 6) is 6.14. The standard InChI is InChI=1S/C29H38N2O3S2/c1-19-7-9-20(10-8-19)27(32)31(21-11-13-22(14-12-21)35-25-6-5-17-30-25)24-18-23(15-16-29(2,3)4)36-26(24)28(33)34/h5,17-22H,6-14H2,1-4H3,(H,33,34)/t19-,20-,21-,22-. The number of carboxylic acids is 1. The third-order valence-electron chi connectivity index (χ3n) is 7.26. The van der Waals surface area contributed by atoms with Crippen molar-refractivity contribution in [3.8, 4) is 11.8 Å². The maximum Gasteiger partial charge on any atom is 0.348 e. The molecule has 194 valence electrons. The van der Waals surface area contributed by atoms with E-state index in [4.69, 9.17) is 0 Å². The Kier molecular flexibility index (Phi) is 8.67. The fourth-order valence-electron chi connectivity index (χ4n) is 5.26. The molecule has 1 N–H and O–H groups in total. The minimum Gasteiger partial charge on any atom is -0.477 e. The SMILES string of the molecule is CC(C)(C)C#Cc1cc(N(C(=O)[C@H]2CC[C@H](C)CC2)[C@H]2CC[C@H](SC3=NC=CC3)CC2)c(C(=O)O)s1. The minimum absolute atomic E-state index is 0.0217. The number of amides is 1. The number of hydrogen-bond acceptors (Lipinski definition) is 5. The van der Waals surface area contributed by atoms with E-state index in [1.807, 2.05) is 49.7 Å². The van der Waals surface area contributed by atoms with Gasteiger partial charge in [0.05, 0.1) is 15.6 Å². The molecule has 1 amide bonds. The van der Waals surface area contributed by atoms with Crippen LogP contribution in [0.3, 0.4) is 0 Å². The molecule has 0 radical (unpaired) electrons. The number of anilines is 1. The van der Waals surface area contributed by atoms with Crippen molar-refractivity contribution in [3.63, 3.8) is 0 Å². The third kappa shape index (κ3) is 6.83. The van der Waals surface area contributed by atoms with E-state index in [-0.39, 0.29) is 28.2 Å². The van der Waals surface area contributed by atoms with Crippen molar-refractivity contribution in [1.29, 1.82) is 0 Å². The lowest BCUT2D eigenvalue weighted by molar-refractivity contribution is -0.124. The summed E-state index contributed by atoms with van der Waals surface area (Å²) < 4.78 is 0. The van der Waals surface area contributed by atoms with Gasteiger partial charge in [0.2, 0.25) is 5.91 Å². The molecule has 36 heavy (non-hydrogen) atoms. The molecule has 4 rings (SSSR count). The van der Waals surface area contributed by atoms with Crippen LogP contribution in [0.4, 0.5) is 5.69 Å². The lowest BCUT2D eigenvalue weighted by atomic mass is 9.81. The van der Waals surface area contributed by atoms with Gasteiger partial charge in [-0.2, -0.15) is 0 Å². The van der Waals surface area contributed by atoms with Crippen molar-refractivity contribution >= 4 is 45.7 Å². The van der Waals surface area contributed by atoms with Crippen LogP contribution in [-0.2, 0) is 4.79 Å². The Bertz CT molecular complexity index is 1090. The second-order valence-corrected chi connectivity index (χ2v) is 13.9.